The number of carboxylic acid groups (broad SMARTS) is 1. The maximum atomic E-state index is 13.2. The number of ether oxygens (including phenoxy) is 1. The Labute approximate surface area is 220 Å². The van der Waals surface area contributed by atoms with Crippen LogP contribution in [0.15, 0.2) is 78.9 Å². The average molecular weight is 519 g/mol. The number of urea groups is 1. The Morgan fingerprint density at radius 1 is 0.895 bits per heavy atom. The zero-order valence-corrected chi connectivity index (χ0v) is 21.4. The summed E-state index contributed by atoms with van der Waals surface area (Å²) in [6.07, 6.45) is 0. The van der Waals surface area contributed by atoms with Crippen molar-refractivity contribution >= 4 is 40.9 Å². The zero-order valence-electron chi connectivity index (χ0n) is 21.4. The molecule has 0 spiro atoms. The van der Waals surface area contributed by atoms with Gasteiger partial charge in [-0.25, -0.2) is 4.79 Å². The van der Waals surface area contributed by atoms with Gasteiger partial charge >= 0.3 is 12.0 Å². The number of nitrogens with one attached hydrogen (secondary N) is 2. The third-order valence-electron chi connectivity index (χ3n) is 5.89. The second-order valence-electron chi connectivity index (χ2n) is 8.46. The number of benzene rings is 3. The van der Waals surface area contributed by atoms with Crippen molar-refractivity contribution in [2.75, 3.05) is 42.4 Å². The van der Waals surface area contributed by atoms with Crippen LogP contribution in [0, 0.1) is 0 Å². The molecule has 10 nitrogen and oxygen atoms in total. The summed E-state index contributed by atoms with van der Waals surface area (Å²) >= 11 is 0. The standard InChI is InChI=1S/C28H30N4O6/c1-19(27(35)36)20-9-7-10-21(15-20)30-28(37)29-17-25(33)32(23-13-8-14-24(16-23)38-3)18-26(34)31(2)22-11-5-4-6-12-22/h4-16,19H,17-18H2,1-3H3,(H,35,36)(H2,29,30,37)/t19-/m0/s1. The molecule has 0 saturated heterocycles. The monoisotopic (exact) mass is 518 g/mol. The number of carbonyl (C=O) groups is 4. The number of amides is 4. The normalized spacial score (nSPS) is 11.1. The van der Waals surface area contributed by atoms with Gasteiger partial charge < -0.3 is 30.3 Å². The number of aliphatic carboxylic acids is 1. The Morgan fingerprint density at radius 2 is 1.58 bits per heavy atom. The summed E-state index contributed by atoms with van der Waals surface area (Å²) in [5.74, 6) is -2.07. The summed E-state index contributed by atoms with van der Waals surface area (Å²) in [5.41, 5.74) is 2.01. The molecule has 38 heavy (non-hydrogen) atoms. The smallest absolute Gasteiger partial charge is 0.319 e. The molecule has 0 aliphatic carbocycles. The first-order valence-corrected chi connectivity index (χ1v) is 11.8. The molecule has 10 heteroatoms. The predicted octanol–water partition coefficient (Wildman–Crippen LogP) is 3.70. The van der Waals surface area contributed by atoms with E-state index < -0.39 is 30.4 Å². The van der Waals surface area contributed by atoms with Crippen LogP contribution in [0.4, 0.5) is 21.9 Å². The number of anilines is 3. The van der Waals surface area contributed by atoms with E-state index in [1.54, 1.807) is 74.6 Å². The van der Waals surface area contributed by atoms with E-state index in [2.05, 4.69) is 10.6 Å². The van der Waals surface area contributed by atoms with Gasteiger partial charge in [0.15, 0.2) is 0 Å². The van der Waals surface area contributed by atoms with Crippen LogP contribution in [0.3, 0.4) is 0 Å². The molecule has 0 heterocycles. The number of likely N-dealkylation sites (N-methyl/N-ethyl adjacent to an activating group) is 1. The largest absolute Gasteiger partial charge is 0.497 e. The first kappa shape index (κ1) is 27.7. The Morgan fingerprint density at radius 3 is 2.26 bits per heavy atom. The highest BCUT2D eigenvalue weighted by molar-refractivity contribution is 6.05. The van der Waals surface area contributed by atoms with Gasteiger partial charge in [0, 0.05) is 30.2 Å². The SMILES string of the molecule is COc1cccc(N(CC(=O)N(C)c2ccccc2)C(=O)CNC(=O)Nc2cccc([C@H](C)C(=O)O)c2)c1. The van der Waals surface area contributed by atoms with Gasteiger partial charge in [-0.1, -0.05) is 36.4 Å². The maximum absolute atomic E-state index is 13.2. The highest BCUT2D eigenvalue weighted by atomic mass is 16.5. The second-order valence-corrected chi connectivity index (χ2v) is 8.46. The Balaban J connectivity index is 1.71. The van der Waals surface area contributed by atoms with E-state index in [4.69, 9.17) is 4.74 Å². The molecule has 4 amide bonds. The fraction of sp³-hybridized carbons (Fsp3) is 0.214. The first-order valence-electron chi connectivity index (χ1n) is 11.8. The van der Waals surface area contributed by atoms with Crippen molar-refractivity contribution in [3.8, 4) is 5.75 Å². The number of methoxy groups -OCH3 is 1. The van der Waals surface area contributed by atoms with Crippen LogP contribution in [0.1, 0.15) is 18.4 Å². The van der Waals surface area contributed by atoms with E-state index in [9.17, 15) is 24.3 Å². The summed E-state index contributed by atoms with van der Waals surface area (Å²) in [7, 11) is 3.12. The molecule has 1 atom stereocenters. The van der Waals surface area contributed by atoms with Gasteiger partial charge in [-0.3, -0.25) is 14.4 Å². The summed E-state index contributed by atoms with van der Waals surface area (Å²) in [5, 5.41) is 14.3. The van der Waals surface area contributed by atoms with Gasteiger partial charge in [0.1, 0.15) is 12.3 Å². The van der Waals surface area contributed by atoms with Gasteiger partial charge in [0.25, 0.3) is 0 Å². The van der Waals surface area contributed by atoms with Gasteiger partial charge in [-0.2, -0.15) is 0 Å². The van der Waals surface area contributed by atoms with Crippen molar-refractivity contribution in [2.45, 2.75) is 12.8 Å². The third-order valence-corrected chi connectivity index (χ3v) is 5.89. The van der Waals surface area contributed by atoms with Gasteiger partial charge in [-0.05, 0) is 48.9 Å². The number of nitrogens with zero attached hydrogens (tertiary/aromatic N) is 2. The van der Waals surface area contributed by atoms with Gasteiger partial charge in [0.05, 0.1) is 19.6 Å². The molecule has 3 aromatic rings. The van der Waals surface area contributed by atoms with E-state index in [-0.39, 0.29) is 12.5 Å². The summed E-state index contributed by atoms with van der Waals surface area (Å²) in [6.45, 7) is 0.885. The molecule has 0 aromatic heterocycles. The predicted molar refractivity (Wildman–Crippen MR) is 145 cm³/mol. The zero-order chi connectivity index (χ0) is 27.7. The number of hydrogen-bond acceptors (Lipinski definition) is 5. The summed E-state index contributed by atoms with van der Waals surface area (Å²) in [6, 6.07) is 21.5. The number of carboxylic acids is 1. The first-order chi connectivity index (χ1) is 18.2. The molecule has 0 aliphatic rings. The molecule has 198 valence electrons. The molecule has 3 aromatic carbocycles. The molecular formula is C28H30N4O6. The Kier molecular flexibility index (Phi) is 9.42. The van der Waals surface area contributed by atoms with Crippen molar-refractivity contribution in [1.82, 2.24) is 5.32 Å². The van der Waals surface area contributed by atoms with Crippen LogP contribution in [0.5, 0.6) is 5.75 Å². The molecule has 0 saturated carbocycles. The van der Waals surface area contributed by atoms with Gasteiger partial charge in [-0.15, -0.1) is 0 Å². The van der Waals surface area contributed by atoms with E-state index in [0.717, 1.165) is 0 Å². The number of para-hydroxylation sites is 1. The minimum atomic E-state index is -0.984. The van der Waals surface area contributed by atoms with Crippen LogP contribution >= 0.6 is 0 Å². The van der Waals surface area contributed by atoms with E-state index in [1.807, 2.05) is 18.2 Å². The number of carbonyl (C=O) groups excluding carboxylic acids is 3. The Bertz CT molecular complexity index is 1300. The number of rotatable bonds is 10. The maximum Gasteiger partial charge on any atom is 0.319 e. The summed E-state index contributed by atoms with van der Waals surface area (Å²) in [4.78, 5) is 52.8. The lowest BCUT2D eigenvalue weighted by atomic mass is 10.0. The van der Waals surface area contributed by atoms with Crippen molar-refractivity contribution < 1.29 is 29.0 Å². The Hall–Kier alpha value is -4.86. The molecule has 0 aliphatic heterocycles. The number of hydrogen-bond donors (Lipinski definition) is 3. The molecule has 3 rings (SSSR count). The molecule has 0 radical (unpaired) electrons. The molecule has 0 fully saturated rings. The van der Waals surface area contributed by atoms with Crippen molar-refractivity contribution in [3.05, 3.63) is 84.4 Å². The minimum absolute atomic E-state index is 0.268. The molecule has 3 N–H and O–H groups in total. The third kappa shape index (κ3) is 7.33. The van der Waals surface area contributed by atoms with Crippen molar-refractivity contribution in [1.29, 1.82) is 0 Å². The van der Waals surface area contributed by atoms with Crippen LogP contribution in [0.25, 0.3) is 0 Å². The van der Waals surface area contributed by atoms with Crippen LogP contribution in [0.2, 0.25) is 0 Å². The lowest BCUT2D eigenvalue weighted by Crippen LogP contribution is -2.46. The minimum Gasteiger partial charge on any atom is -0.497 e. The topological polar surface area (TPSA) is 128 Å². The lowest BCUT2D eigenvalue weighted by molar-refractivity contribution is -0.138. The molecule has 0 unspecified atom stereocenters. The van der Waals surface area contributed by atoms with Crippen molar-refractivity contribution in [3.63, 3.8) is 0 Å². The van der Waals surface area contributed by atoms with E-state index in [1.165, 1.54) is 16.9 Å². The van der Waals surface area contributed by atoms with Crippen molar-refractivity contribution in [2.24, 2.45) is 0 Å². The molecular weight excluding hydrogens is 488 g/mol. The fourth-order valence-electron chi connectivity index (χ4n) is 3.59. The fourth-order valence-corrected chi connectivity index (χ4v) is 3.59. The highest BCUT2D eigenvalue weighted by Crippen LogP contribution is 2.22. The average Bonchev–Trinajstić information content (AvgIpc) is 2.94. The van der Waals surface area contributed by atoms with E-state index in [0.29, 0.717) is 28.4 Å². The molecule has 0 bridgehead atoms. The lowest BCUT2D eigenvalue weighted by Gasteiger charge is -2.26. The van der Waals surface area contributed by atoms with Gasteiger partial charge in [0.2, 0.25) is 11.8 Å². The van der Waals surface area contributed by atoms with E-state index >= 15 is 0 Å². The van der Waals surface area contributed by atoms with Crippen LogP contribution in [-0.4, -0.2) is 56.2 Å². The van der Waals surface area contributed by atoms with Crippen LogP contribution in [-0.2, 0) is 14.4 Å². The quantitative estimate of drug-likeness (QED) is 0.376. The second kappa shape index (κ2) is 12.9. The van der Waals surface area contributed by atoms with Crippen LogP contribution < -0.4 is 25.2 Å². The summed E-state index contributed by atoms with van der Waals surface area (Å²) < 4.78 is 5.26. The highest BCUT2D eigenvalue weighted by Gasteiger charge is 2.23.